The first-order valence-electron chi connectivity index (χ1n) is 9.68. The third-order valence-corrected chi connectivity index (χ3v) is 4.96. The maximum atomic E-state index is 12.7. The predicted octanol–water partition coefficient (Wildman–Crippen LogP) is 2.75. The van der Waals surface area contributed by atoms with Crippen LogP contribution in [0.15, 0.2) is 53.3 Å². The molecule has 3 aromatic rings. The normalized spacial score (nSPS) is 16.1. The average Bonchev–Trinajstić information content (AvgIpc) is 3.26. The number of aromatic nitrogens is 2. The molecule has 7 heteroatoms. The van der Waals surface area contributed by atoms with Crippen LogP contribution in [0.4, 0.5) is 0 Å². The Balaban J connectivity index is 1.40. The average molecular weight is 393 g/mol. The molecule has 0 spiro atoms. The molecule has 0 aliphatic carbocycles. The molecule has 1 aromatic heterocycles. The number of nitrogens with zero attached hydrogens (tertiary/aromatic N) is 2. The van der Waals surface area contributed by atoms with Gasteiger partial charge in [-0.2, -0.15) is 0 Å². The zero-order valence-corrected chi connectivity index (χ0v) is 16.3. The second-order valence-corrected chi connectivity index (χ2v) is 7.16. The molecule has 0 radical (unpaired) electrons. The zero-order valence-electron chi connectivity index (χ0n) is 16.3. The third-order valence-electron chi connectivity index (χ3n) is 4.96. The van der Waals surface area contributed by atoms with Crippen LogP contribution in [0, 0.1) is 0 Å². The van der Waals surface area contributed by atoms with Crippen molar-refractivity contribution in [3.05, 3.63) is 70.3 Å². The van der Waals surface area contributed by atoms with Crippen molar-refractivity contribution < 1.29 is 14.3 Å². The van der Waals surface area contributed by atoms with Crippen LogP contribution in [0.3, 0.4) is 0 Å². The highest BCUT2D eigenvalue weighted by Crippen LogP contribution is 2.17. The number of rotatable bonds is 6. The fraction of sp³-hybridized carbons (Fsp3) is 0.318. The molecule has 2 aromatic carbocycles. The molecular formula is C22H23N3O4. The second-order valence-electron chi connectivity index (χ2n) is 7.16. The van der Waals surface area contributed by atoms with Crippen molar-refractivity contribution in [1.29, 1.82) is 0 Å². The van der Waals surface area contributed by atoms with E-state index in [4.69, 9.17) is 9.47 Å². The number of amides is 1. The molecule has 0 bridgehead atoms. The van der Waals surface area contributed by atoms with E-state index >= 15 is 0 Å². The molecule has 4 rings (SSSR count). The summed E-state index contributed by atoms with van der Waals surface area (Å²) in [5, 5.41) is 0.531. The molecule has 1 fully saturated rings. The van der Waals surface area contributed by atoms with Crippen molar-refractivity contribution >= 4 is 16.8 Å². The summed E-state index contributed by atoms with van der Waals surface area (Å²) in [6.07, 6.45) is 2.25. The first kappa shape index (κ1) is 19.1. The number of hydrogen-bond acceptors (Lipinski definition) is 5. The van der Waals surface area contributed by atoms with Crippen LogP contribution in [0.5, 0.6) is 5.75 Å². The standard InChI is InChI=1S/C22H23N3O4/c1-25(13-20-23-19-7-3-2-6-18(19)21(26)24-20)22(27)15-8-10-16(11-9-15)29-14-17-5-4-12-28-17/h2-3,6-11,17H,4-5,12-14H2,1H3,(H,23,24,26)/t17-/m0/s1. The number of nitrogens with one attached hydrogen (secondary N) is 1. The van der Waals surface area contributed by atoms with Crippen LogP contribution >= 0.6 is 0 Å². The molecule has 0 saturated carbocycles. The van der Waals surface area contributed by atoms with E-state index in [1.165, 1.54) is 4.90 Å². The van der Waals surface area contributed by atoms with Crippen molar-refractivity contribution in [3.8, 4) is 5.75 Å². The number of para-hydroxylation sites is 1. The number of carbonyl (C=O) groups excluding carboxylic acids is 1. The molecule has 0 unspecified atom stereocenters. The lowest BCUT2D eigenvalue weighted by atomic mass is 10.2. The smallest absolute Gasteiger partial charge is 0.258 e. The predicted molar refractivity (Wildman–Crippen MR) is 109 cm³/mol. The molecule has 1 amide bonds. The Morgan fingerprint density at radius 2 is 2.03 bits per heavy atom. The minimum absolute atomic E-state index is 0.152. The molecule has 2 heterocycles. The van der Waals surface area contributed by atoms with E-state index in [9.17, 15) is 9.59 Å². The van der Waals surface area contributed by atoms with Crippen LogP contribution in [0.1, 0.15) is 29.0 Å². The Kier molecular flexibility index (Phi) is 5.57. The first-order valence-corrected chi connectivity index (χ1v) is 9.68. The Morgan fingerprint density at radius 3 is 2.79 bits per heavy atom. The molecule has 1 aliphatic rings. The van der Waals surface area contributed by atoms with Gasteiger partial charge in [0.15, 0.2) is 0 Å². The zero-order chi connectivity index (χ0) is 20.2. The lowest BCUT2D eigenvalue weighted by Crippen LogP contribution is -2.28. The van der Waals surface area contributed by atoms with E-state index in [1.807, 2.05) is 6.07 Å². The fourth-order valence-electron chi connectivity index (χ4n) is 3.39. The van der Waals surface area contributed by atoms with Crippen molar-refractivity contribution in [1.82, 2.24) is 14.9 Å². The van der Waals surface area contributed by atoms with Gasteiger partial charge in [0.2, 0.25) is 0 Å². The molecule has 1 atom stereocenters. The first-order chi connectivity index (χ1) is 14.1. The van der Waals surface area contributed by atoms with E-state index in [-0.39, 0.29) is 24.1 Å². The van der Waals surface area contributed by atoms with Crippen LogP contribution in [-0.4, -0.2) is 47.1 Å². The highest BCUT2D eigenvalue weighted by Gasteiger charge is 2.17. The summed E-state index contributed by atoms with van der Waals surface area (Å²) in [6, 6.07) is 14.2. The maximum Gasteiger partial charge on any atom is 0.258 e. The van der Waals surface area contributed by atoms with Gasteiger partial charge in [0.05, 0.1) is 23.6 Å². The number of carbonyl (C=O) groups is 1. The van der Waals surface area contributed by atoms with Crippen LogP contribution < -0.4 is 10.3 Å². The van der Waals surface area contributed by atoms with Gasteiger partial charge in [0.25, 0.3) is 11.5 Å². The highest BCUT2D eigenvalue weighted by molar-refractivity contribution is 5.94. The maximum absolute atomic E-state index is 12.7. The topological polar surface area (TPSA) is 84.5 Å². The summed E-state index contributed by atoms with van der Waals surface area (Å²) >= 11 is 0. The minimum Gasteiger partial charge on any atom is -0.491 e. The van der Waals surface area contributed by atoms with E-state index in [0.29, 0.717) is 34.6 Å². The number of benzene rings is 2. The quantitative estimate of drug-likeness (QED) is 0.696. The molecule has 1 saturated heterocycles. The van der Waals surface area contributed by atoms with E-state index in [2.05, 4.69) is 9.97 Å². The van der Waals surface area contributed by atoms with Gasteiger partial charge in [-0.15, -0.1) is 0 Å². The van der Waals surface area contributed by atoms with Gasteiger partial charge in [0, 0.05) is 19.2 Å². The monoisotopic (exact) mass is 393 g/mol. The summed E-state index contributed by atoms with van der Waals surface area (Å²) in [5.74, 6) is 0.993. The van der Waals surface area contributed by atoms with Gasteiger partial charge in [0.1, 0.15) is 18.2 Å². The minimum atomic E-state index is -0.209. The van der Waals surface area contributed by atoms with Gasteiger partial charge >= 0.3 is 0 Å². The van der Waals surface area contributed by atoms with Gasteiger partial charge in [-0.05, 0) is 49.2 Å². The largest absolute Gasteiger partial charge is 0.491 e. The van der Waals surface area contributed by atoms with Crippen LogP contribution in [0.2, 0.25) is 0 Å². The SMILES string of the molecule is CN(Cc1nc2ccccc2c(=O)[nH]1)C(=O)c1ccc(OC[C@@H]2CCCO2)cc1. The van der Waals surface area contributed by atoms with Gasteiger partial charge in [-0.1, -0.05) is 12.1 Å². The fourth-order valence-corrected chi connectivity index (χ4v) is 3.39. The van der Waals surface area contributed by atoms with Crippen molar-refractivity contribution in [2.24, 2.45) is 0 Å². The van der Waals surface area contributed by atoms with Crippen molar-refractivity contribution in [2.45, 2.75) is 25.5 Å². The summed E-state index contributed by atoms with van der Waals surface area (Å²) in [4.78, 5) is 33.6. The number of aromatic amines is 1. The van der Waals surface area contributed by atoms with Crippen LogP contribution in [0.25, 0.3) is 10.9 Å². The van der Waals surface area contributed by atoms with Gasteiger partial charge < -0.3 is 19.4 Å². The lowest BCUT2D eigenvalue weighted by molar-refractivity contribution is 0.0679. The van der Waals surface area contributed by atoms with E-state index in [1.54, 1.807) is 49.5 Å². The molecular weight excluding hydrogens is 370 g/mol. The van der Waals surface area contributed by atoms with Crippen LogP contribution in [-0.2, 0) is 11.3 Å². The van der Waals surface area contributed by atoms with E-state index < -0.39 is 0 Å². The van der Waals surface area contributed by atoms with Gasteiger partial charge in [-0.3, -0.25) is 9.59 Å². The summed E-state index contributed by atoms with van der Waals surface area (Å²) in [5.41, 5.74) is 0.944. The summed E-state index contributed by atoms with van der Waals surface area (Å²) in [7, 11) is 1.68. The summed E-state index contributed by atoms with van der Waals surface area (Å²) in [6.45, 7) is 1.52. The molecule has 1 N–H and O–H groups in total. The molecule has 29 heavy (non-hydrogen) atoms. The number of ether oxygens (including phenoxy) is 2. The van der Waals surface area contributed by atoms with Crippen molar-refractivity contribution in [3.63, 3.8) is 0 Å². The van der Waals surface area contributed by atoms with Gasteiger partial charge in [-0.25, -0.2) is 4.98 Å². The molecule has 7 nitrogen and oxygen atoms in total. The highest BCUT2D eigenvalue weighted by atomic mass is 16.5. The Bertz CT molecular complexity index is 1060. The lowest BCUT2D eigenvalue weighted by Gasteiger charge is -2.17. The Morgan fingerprint density at radius 1 is 1.24 bits per heavy atom. The second kappa shape index (κ2) is 8.45. The van der Waals surface area contributed by atoms with E-state index in [0.717, 1.165) is 19.4 Å². The number of H-pyrrole nitrogens is 1. The molecule has 1 aliphatic heterocycles. The number of fused-ring (bicyclic) bond motifs is 1. The molecule has 150 valence electrons. The third kappa shape index (κ3) is 4.46. The summed E-state index contributed by atoms with van der Waals surface area (Å²) < 4.78 is 11.3. The Hall–Kier alpha value is -3.19. The number of hydrogen-bond donors (Lipinski definition) is 1. The van der Waals surface area contributed by atoms with Crippen molar-refractivity contribution in [2.75, 3.05) is 20.3 Å². The Labute approximate surface area is 168 Å².